The number of aromatic amines is 1. The van der Waals surface area contributed by atoms with Gasteiger partial charge in [0.25, 0.3) is 5.56 Å². The number of rotatable bonds is 11. The van der Waals surface area contributed by atoms with E-state index >= 15 is 0 Å². The molecule has 0 spiro atoms. The number of hydrogen-bond acceptors (Lipinski definition) is 5. The third-order valence-corrected chi connectivity index (χ3v) is 5.79. The molecule has 0 aliphatic carbocycles. The topological polar surface area (TPSA) is 113 Å². The predicted octanol–water partition coefficient (Wildman–Crippen LogP) is 3.29. The van der Waals surface area contributed by atoms with E-state index in [4.69, 9.17) is 5.73 Å². The maximum atomic E-state index is 13.5. The Morgan fingerprint density at radius 2 is 1.60 bits per heavy atom. The Labute approximate surface area is 205 Å². The number of carbonyl (C=O) groups is 1. The van der Waals surface area contributed by atoms with Gasteiger partial charge in [-0.1, -0.05) is 87.9 Å². The quantitative estimate of drug-likeness (QED) is 0.392. The number of unbranched alkanes of at least 4 members (excludes halogenated alkanes) is 1. The molecule has 0 aliphatic heterocycles. The number of nitrogens with two attached hydrogens (primary N) is 1. The summed E-state index contributed by atoms with van der Waals surface area (Å²) in [6.45, 7) is 6.56. The molecule has 0 radical (unpaired) electrons. The van der Waals surface area contributed by atoms with Crippen LogP contribution in [0, 0.1) is 5.92 Å². The Kier molecular flexibility index (Phi) is 9.03. The van der Waals surface area contributed by atoms with Crippen LogP contribution in [0.5, 0.6) is 0 Å². The Hall–Kier alpha value is -3.65. The van der Waals surface area contributed by atoms with Gasteiger partial charge in [-0.2, -0.15) is 0 Å². The fourth-order valence-electron chi connectivity index (χ4n) is 4.07. The van der Waals surface area contributed by atoms with E-state index in [1.807, 2.05) is 81.4 Å². The van der Waals surface area contributed by atoms with Crippen LogP contribution in [0.25, 0.3) is 0 Å². The van der Waals surface area contributed by atoms with Crippen molar-refractivity contribution in [2.24, 2.45) is 5.92 Å². The van der Waals surface area contributed by atoms with Crippen molar-refractivity contribution in [3.63, 3.8) is 0 Å². The zero-order valence-corrected chi connectivity index (χ0v) is 20.7. The van der Waals surface area contributed by atoms with Crippen LogP contribution in [0.2, 0.25) is 0 Å². The number of H-pyrrole nitrogens is 1. The second-order valence-electron chi connectivity index (χ2n) is 9.03. The summed E-state index contributed by atoms with van der Waals surface area (Å²) in [5.74, 6) is -0.144. The summed E-state index contributed by atoms with van der Waals surface area (Å²) in [7, 11) is 0. The van der Waals surface area contributed by atoms with E-state index in [0.717, 1.165) is 17.5 Å². The van der Waals surface area contributed by atoms with E-state index in [-0.39, 0.29) is 35.9 Å². The van der Waals surface area contributed by atoms with Gasteiger partial charge in [-0.25, -0.2) is 4.79 Å². The van der Waals surface area contributed by atoms with Crippen molar-refractivity contribution in [2.75, 3.05) is 23.7 Å². The normalized spacial score (nSPS) is 11.2. The number of carbonyl (C=O) groups excluding carboxylic acids is 1. The van der Waals surface area contributed by atoms with Gasteiger partial charge in [0.15, 0.2) is 5.69 Å². The Balaban J connectivity index is 1.93. The van der Waals surface area contributed by atoms with Crippen molar-refractivity contribution in [3.8, 4) is 0 Å². The summed E-state index contributed by atoms with van der Waals surface area (Å²) in [5.41, 5.74) is 7.16. The lowest BCUT2D eigenvalue weighted by Crippen LogP contribution is -2.45. The van der Waals surface area contributed by atoms with E-state index in [1.165, 1.54) is 9.47 Å². The average molecular weight is 478 g/mol. The van der Waals surface area contributed by atoms with Gasteiger partial charge < -0.3 is 10.6 Å². The first-order valence-electron chi connectivity index (χ1n) is 12.1. The van der Waals surface area contributed by atoms with Crippen LogP contribution in [0.1, 0.15) is 50.8 Å². The second kappa shape index (κ2) is 12.2. The minimum atomic E-state index is -0.653. The van der Waals surface area contributed by atoms with Crippen LogP contribution in [0.15, 0.2) is 70.3 Å². The van der Waals surface area contributed by atoms with Gasteiger partial charge in [0.2, 0.25) is 5.91 Å². The molecule has 1 amide bonds. The van der Waals surface area contributed by atoms with E-state index in [2.05, 4.69) is 10.3 Å². The zero-order chi connectivity index (χ0) is 25.4. The van der Waals surface area contributed by atoms with E-state index in [0.29, 0.717) is 19.5 Å². The minimum absolute atomic E-state index is 0.0135. The minimum Gasteiger partial charge on any atom is -0.383 e. The summed E-state index contributed by atoms with van der Waals surface area (Å²) in [6.07, 6.45) is 1.52. The van der Waals surface area contributed by atoms with Crippen molar-refractivity contribution >= 4 is 17.4 Å². The number of nitrogen functional groups attached to an aromatic ring is 1. The van der Waals surface area contributed by atoms with Crippen molar-refractivity contribution in [3.05, 3.63) is 92.6 Å². The molecule has 0 unspecified atom stereocenters. The molecule has 0 bridgehead atoms. The molecule has 0 fully saturated rings. The highest BCUT2D eigenvalue weighted by molar-refractivity contribution is 5.96. The van der Waals surface area contributed by atoms with Crippen LogP contribution in [0.4, 0.5) is 11.5 Å². The fourth-order valence-corrected chi connectivity index (χ4v) is 4.07. The van der Waals surface area contributed by atoms with Crippen molar-refractivity contribution < 1.29 is 4.79 Å². The lowest BCUT2D eigenvalue weighted by molar-refractivity contribution is -0.117. The van der Waals surface area contributed by atoms with Crippen molar-refractivity contribution in [1.29, 1.82) is 0 Å². The summed E-state index contributed by atoms with van der Waals surface area (Å²) in [6, 6.07) is 19.6. The van der Waals surface area contributed by atoms with Crippen LogP contribution in [-0.2, 0) is 11.3 Å². The van der Waals surface area contributed by atoms with Gasteiger partial charge in [-0.05, 0) is 23.5 Å². The SMILES string of the molecule is CCCCN(C(=O)CNC(c1ccccc1)c1ccccc1)c1c(N)n(CC(C)C)c(=O)[nH]c1=O. The van der Waals surface area contributed by atoms with Gasteiger partial charge in [0, 0.05) is 13.1 Å². The van der Waals surface area contributed by atoms with Crippen LogP contribution in [-0.4, -0.2) is 28.5 Å². The van der Waals surface area contributed by atoms with Gasteiger partial charge in [-0.15, -0.1) is 0 Å². The first-order chi connectivity index (χ1) is 16.8. The number of benzene rings is 2. The highest BCUT2D eigenvalue weighted by Crippen LogP contribution is 2.23. The fraction of sp³-hybridized carbons (Fsp3) is 0.370. The Morgan fingerprint density at radius 1 is 1.03 bits per heavy atom. The molecule has 0 saturated heterocycles. The molecular weight excluding hydrogens is 442 g/mol. The number of hydrogen-bond donors (Lipinski definition) is 3. The van der Waals surface area contributed by atoms with Gasteiger partial charge in [0.1, 0.15) is 5.82 Å². The molecule has 4 N–H and O–H groups in total. The summed E-state index contributed by atoms with van der Waals surface area (Å²) >= 11 is 0. The summed E-state index contributed by atoms with van der Waals surface area (Å²) < 4.78 is 1.33. The molecule has 35 heavy (non-hydrogen) atoms. The van der Waals surface area contributed by atoms with E-state index in [1.54, 1.807) is 0 Å². The molecular formula is C27H35N5O3. The Morgan fingerprint density at radius 3 is 2.11 bits per heavy atom. The average Bonchev–Trinajstić information content (AvgIpc) is 2.85. The lowest BCUT2D eigenvalue weighted by atomic mass is 9.99. The van der Waals surface area contributed by atoms with Gasteiger partial charge in [-0.3, -0.25) is 24.5 Å². The molecule has 8 heteroatoms. The Bertz CT molecular complexity index is 1180. The number of amides is 1. The third-order valence-electron chi connectivity index (χ3n) is 5.79. The molecule has 0 saturated carbocycles. The smallest absolute Gasteiger partial charge is 0.330 e. The molecule has 186 valence electrons. The van der Waals surface area contributed by atoms with Crippen molar-refractivity contribution in [2.45, 2.75) is 46.2 Å². The zero-order valence-electron chi connectivity index (χ0n) is 20.7. The first kappa shape index (κ1) is 26.0. The molecule has 1 heterocycles. The molecule has 3 rings (SSSR count). The first-order valence-corrected chi connectivity index (χ1v) is 12.1. The summed E-state index contributed by atoms with van der Waals surface area (Å²) in [5, 5.41) is 3.36. The predicted molar refractivity (Wildman–Crippen MR) is 141 cm³/mol. The highest BCUT2D eigenvalue weighted by atomic mass is 16.2. The highest BCUT2D eigenvalue weighted by Gasteiger charge is 2.25. The van der Waals surface area contributed by atoms with E-state index in [9.17, 15) is 14.4 Å². The molecule has 0 atom stereocenters. The maximum Gasteiger partial charge on any atom is 0.330 e. The number of anilines is 2. The van der Waals surface area contributed by atoms with Crippen LogP contribution >= 0.6 is 0 Å². The number of nitrogens with one attached hydrogen (secondary N) is 2. The van der Waals surface area contributed by atoms with E-state index < -0.39 is 11.2 Å². The molecule has 2 aromatic carbocycles. The lowest BCUT2D eigenvalue weighted by Gasteiger charge is -2.26. The number of aromatic nitrogens is 2. The standard InChI is InChI=1S/C27H35N5O3/c1-4-5-16-31(24-25(28)32(18-19(2)3)27(35)30-26(24)34)22(33)17-29-23(20-12-8-6-9-13-20)21-14-10-7-11-15-21/h6-15,19,23,29H,4-5,16-18,28H2,1-3H3,(H,30,34,35). The largest absolute Gasteiger partial charge is 0.383 e. The summed E-state index contributed by atoms with van der Waals surface area (Å²) in [4.78, 5) is 42.5. The molecule has 1 aromatic heterocycles. The van der Waals surface area contributed by atoms with Crippen molar-refractivity contribution in [1.82, 2.24) is 14.9 Å². The second-order valence-corrected chi connectivity index (χ2v) is 9.03. The third kappa shape index (κ3) is 6.48. The monoisotopic (exact) mass is 477 g/mol. The molecule has 8 nitrogen and oxygen atoms in total. The van der Waals surface area contributed by atoms with Gasteiger partial charge in [0.05, 0.1) is 12.6 Å². The molecule has 0 aliphatic rings. The molecule has 3 aromatic rings. The van der Waals surface area contributed by atoms with Gasteiger partial charge >= 0.3 is 5.69 Å². The van der Waals surface area contributed by atoms with Crippen LogP contribution in [0.3, 0.4) is 0 Å². The number of nitrogens with zero attached hydrogens (tertiary/aromatic N) is 2. The van der Waals surface area contributed by atoms with Crippen LogP contribution < -0.4 is 27.2 Å². The maximum absolute atomic E-state index is 13.5.